The first kappa shape index (κ1) is 13.0. The number of hydrogen-bond donors (Lipinski definition) is 1. The molecule has 0 saturated carbocycles. The minimum atomic E-state index is -1.11. The lowest BCUT2D eigenvalue weighted by Crippen LogP contribution is -2.53. The summed E-state index contributed by atoms with van der Waals surface area (Å²) in [5.41, 5.74) is 1.94. The van der Waals surface area contributed by atoms with Gasteiger partial charge in [-0.1, -0.05) is 30.3 Å². The van der Waals surface area contributed by atoms with Gasteiger partial charge in [-0.15, -0.1) is 0 Å². The minimum absolute atomic E-state index is 0.233. The van der Waals surface area contributed by atoms with E-state index in [0.29, 0.717) is 25.3 Å². The molecule has 2 aromatic carbocycles. The predicted molar refractivity (Wildman–Crippen MR) is 84.7 cm³/mol. The number of nitrogens with zero attached hydrogens (tertiary/aromatic N) is 2. The van der Waals surface area contributed by atoms with Crippen LogP contribution in [0.15, 0.2) is 47.5 Å². The van der Waals surface area contributed by atoms with Gasteiger partial charge in [-0.05, 0) is 17.7 Å². The van der Waals surface area contributed by atoms with Crippen LogP contribution in [0.1, 0.15) is 16.7 Å². The van der Waals surface area contributed by atoms with Crippen LogP contribution < -0.4 is 9.47 Å². The number of benzene rings is 2. The molecule has 1 N–H and O–H groups in total. The van der Waals surface area contributed by atoms with E-state index < -0.39 is 5.72 Å². The zero-order valence-electron chi connectivity index (χ0n) is 12.5. The van der Waals surface area contributed by atoms with Crippen LogP contribution in [0.5, 0.6) is 11.5 Å². The molecule has 3 heterocycles. The average Bonchev–Trinajstić information content (AvgIpc) is 3.24. The fraction of sp³-hybridized carbons (Fsp3) is 0.278. The Labute approximate surface area is 133 Å². The Morgan fingerprint density at radius 1 is 1.09 bits per heavy atom. The van der Waals surface area contributed by atoms with E-state index in [0.717, 1.165) is 28.3 Å². The van der Waals surface area contributed by atoms with E-state index in [1.807, 2.05) is 35.2 Å². The minimum Gasteiger partial charge on any atom is -0.454 e. The number of amidine groups is 1. The van der Waals surface area contributed by atoms with Gasteiger partial charge in [0, 0.05) is 24.1 Å². The largest absolute Gasteiger partial charge is 0.454 e. The second-order valence-corrected chi connectivity index (χ2v) is 6.08. The Hall–Kier alpha value is -2.53. The molecule has 3 aliphatic heterocycles. The number of fused-ring (bicyclic) bond motifs is 4. The van der Waals surface area contributed by atoms with Crippen LogP contribution in [0.3, 0.4) is 0 Å². The van der Waals surface area contributed by atoms with Crippen molar-refractivity contribution < 1.29 is 14.6 Å². The van der Waals surface area contributed by atoms with Gasteiger partial charge in [0.15, 0.2) is 17.2 Å². The molecule has 5 nitrogen and oxygen atoms in total. The Balaban J connectivity index is 1.66. The quantitative estimate of drug-likeness (QED) is 0.874. The molecule has 116 valence electrons. The Bertz CT molecular complexity index is 833. The third-order valence-electron chi connectivity index (χ3n) is 4.82. The molecule has 0 bridgehead atoms. The average molecular weight is 308 g/mol. The second kappa shape index (κ2) is 4.49. The highest BCUT2D eigenvalue weighted by Gasteiger charge is 2.45. The van der Waals surface area contributed by atoms with Gasteiger partial charge in [-0.3, -0.25) is 4.99 Å². The van der Waals surface area contributed by atoms with Crippen molar-refractivity contribution >= 4 is 5.84 Å². The van der Waals surface area contributed by atoms with Crippen LogP contribution in [0.2, 0.25) is 0 Å². The normalized spacial score (nSPS) is 24.2. The highest BCUT2D eigenvalue weighted by molar-refractivity contribution is 6.02. The predicted octanol–water partition coefficient (Wildman–Crippen LogP) is 1.88. The molecular weight excluding hydrogens is 292 g/mol. The highest BCUT2D eigenvalue weighted by atomic mass is 16.7. The first-order valence-electron chi connectivity index (χ1n) is 7.78. The summed E-state index contributed by atoms with van der Waals surface area (Å²) >= 11 is 0. The number of ether oxygens (including phenoxy) is 2. The number of aliphatic imine (C=N–C) groups is 1. The van der Waals surface area contributed by atoms with Crippen LogP contribution in [0.25, 0.3) is 0 Å². The van der Waals surface area contributed by atoms with Gasteiger partial charge < -0.3 is 19.5 Å². The Kier molecular flexibility index (Phi) is 2.53. The molecule has 3 aliphatic rings. The molecule has 0 radical (unpaired) electrons. The van der Waals surface area contributed by atoms with E-state index in [-0.39, 0.29) is 6.79 Å². The summed E-state index contributed by atoms with van der Waals surface area (Å²) in [7, 11) is 0. The van der Waals surface area contributed by atoms with Gasteiger partial charge >= 0.3 is 0 Å². The molecule has 0 aliphatic carbocycles. The lowest BCUT2D eigenvalue weighted by Gasteiger charge is -2.43. The van der Waals surface area contributed by atoms with Crippen molar-refractivity contribution in [2.45, 2.75) is 12.1 Å². The molecule has 0 saturated heterocycles. The fourth-order valence-corrected chi connectivity index (χ4v) is 3.69. The van der Waals surface area contributed by atoms with Crippen LogP contribution in [0.4, 0.5) is 0 Å². The number of aliphatic hydroxyl groups is 1. The maximum absolute atomic E-state index is 11.5. The van der Waals surface area contributed by atoms with Crippen molar-refractivity contribution in [3.63, 3.8) is 0 Å². The summed E-state index contributed by atoms with van der Waals surface area (Å²) in [5.74, 6) is 2.29. The number of rotatable bonds is 1. The lowest BCUT2D eigenvalue weighted by atomic mass is 9.86. The maximum Gasteiger partial charge on any atom is 0.231 e. The van der Waals surface area contributed by atoms with E-state index in [2.05, 4.69) is 17.1 Å². The molecule has 0 amide bonds. The van der Waals surface area contributed by atoms with E-state index >= 15 is 0 Å². The summed E-state index contributed by atoms with van der Waals surface area (Å²) in [5, 5.41) is 11.5. The van der Waals surface area contributed by atoms with Gasteiger partial charge in [0.05, 0.1) is 6.54 Å². The second-order valence-electron chi connectivity index (χ2n) is 6.08. The van der Waals surface area contributed by atoms with E-state index in [1.54, 1.807) is 0 Å². The van der Waals surface area contributed by atoms with Gasteiger partial charge in [-0.25, -0.2) is 0 Å². The van der Waals surface area contributed by atoms with E-state index in [9.17, 15) is 5.11 Å². The lowest BCUT2D eigenvalue weighted by molar-refractivity contribution is -0.0746. The smallest absolute Gasteiger partial charge is 0.231 e. The van der Waals surface area contributed by atoms with Gasteiger partial charge in [0.2, 0.25) is 6.79 Å². The van der Waals surface area contributed by atoms with Gasteiger partial charge in [0.25, 0.3) is 0 Å². The Morgan fingerprint density at radius 2 is 1.96 bits per heavy atom. The van der Waals surface area contributed by atoms with Crippen molar-refractivity contribution in [1.29, 1.82) is 0 Å². The zero-order valence-corrected chi connectivity index (χ0v) is 12.5. The third kappa shape index (κ3) is 1.74. The molecule has 2 aromatic rings. The summed E-state index contributed by atoms with van der Waals surface area (Å²) in [6, 6.07) is 13.8. The topological polar surface area (TPSA) is 54.3 Å². The molecule has 0 unspecified atom stereocenters. The summed E-state index contributed by atoms with van der Waals surface area (Å²) in [4.78, 5) is 6.63. The standard InChI is InChI=1S/C18H16N2O3/c21-18(13-5-6-15-16(9-13)23-11-22-15)10-12-3-1-2-4-14(12)17-19-7-8-20(17)18/h1-6,9,21H,7-8,10-11H2/t18-/m1/s1. The van der Waals surface area contributed by atoms with Crippen molar-refractivity contribution in [2.24, 2.45) is 4.99 Å². The van der Waals surface area contributed by atoms with Crippen LogP contribution in [0, 0.1) is 0 Å². The molecule has 0 spiro atoms. The summed E-state index contributed by atoms with van der Waals surface area (Å²) < 4.78 is 10.8. The first-order valence-corrected chi connectivity index (χ1v) is 7.78. The first-order chi connectivity index (χ1) is 11.3. The van der Waals surface area contributed by atoms with Gasteiger partial charge in [0.1, 0.15) is 5.84 Å². The molecule has 0 fully saturated rings. The zero-order chi connectivity index (χ0) is 15.4. The van der Waals surface area contributed by atoms with E-state index in [1.165, 1.54) is 0 Å². The molecule has 5 heteroatoms. The maximum atomic E-state index is 11.5. The number of hydrogen-bond acceptors (Lipinski definition) is 5. The third-order valence-corrected chi connectivity index (χ3v) is 4.82. The SMILES string of the molecule is O[C@@]1(c2ccc3c(c2)OCO3)Cc2ccccc2C2=NCCN21. The molecule has 5 rings (SSSR count). The van der Waals surface area contributed by atoms with Crippen molar-refractivity contribution in [3.8, 4) is 11.5 Å². The van der Waals surface area contributed by atoms with Crippen LogP contribution in [-0.4, -0.2) is 35.7 Å². The molecular formula is C18H16N2O3. The van der Waals surface area contributed by atoms with Crippen LogP contribution >= 0.6 is 0 Å². The van der Waals surface area contributed by atoms with Crippen molar-refractivity contribution in [1.82, 2.24) is 4.90 Å². The van der Waals surface area contributed by atoms with Crippen molar-refractivity contribution in [2.75, 3.05) is 19.9 Å². The summed E-state index contributed by atoms with van der Waals surface area (Å²) in [6.07, 6.45) is 0.530. The fourth-order valence-electron chi connectivity index (χ4n) is 3.69. The summed E-state index contributed by atoms with van der Waals surface area (Å²) in [6.45, 7) is 1.65. The van der Waals surface area contributed by atoms with Crippen molar-refractivity contribution in [3.05, 3.63) is 59.2 Å². The van der Waals surface area contributed by atoms with Gasteiger partial charge in [-0.2, -0.15) is 0 Å². The Morgan fingerprint density at radius 3 is 2.91 bits per heavy atom. The monoisotopic (exact) mass is 308 g/mol. The van der Waals surface area contributed by atoms with E-state index in [4.69, 9.17) is 9.47 Å². The molecule has 0 aromatic heterocycles. The molecule has 23 heavy (non-hydrogen) atoms. The highest BCUT2D eigenvalue weighted by Crippen LogP contribution is 2.42. The molecule has 1 atom stereocenters. The van der Waals surface area contributed by atoms with Crippen LogP contribution in [-0.2, 0) is 12.1 Å².